The first kappa shape index (κ1) is 12.1. The molecular formula is C13H10N4O3. The summed E-state index contributed by atoms with van der Waals surface area (Å²) in [7, 11) is 0. The first-order chi connectivity index (χ1) is 9.63. The lowest BCUT2D eigenvalue weighted by molar-refractivity contribution is -0.136. The number of carboxylic acids is 1. The number of hydrogen-bond acceptors (Lipinski definition) is 4. The fraction of sp³-hybridized carbons (Fsp3) is 0.0769. The van der Waals surface area contributed by atoms with Crippen molar-refractivity contribution in [1.29, 1.82) is 0 Å². The molecule has 2 N–H and O–H groups in total. The second-order valence-electron chi connectivity index (χ2n) is 4.23. The second kappa shape index (κ2) is 4.61. The van der Waals surface area contributed by atoms with Crippen LogP contribution in [-0.4, -0.2) is 30.7 Å². The van der Waals surface area contributed by atoms with Crippen molar-refractivity contribution in [2.45, 2.75) is 6.42 Å². The van der Waals surface area contributed by atoms with Crippen molar-refractivity contribution >= 4 is 11.6 Å². The van der Waals surface area contributed by atoms with Gasteiger partial charge in [0.15, 0.2) is 5.65 Å². The normalized spacial score (nSPS) is 10.8. The van der Waals surface area contributed by atoms with Crippen molar-refractivity contribution in [1.82, 2.24) is 19.6 Å². The summed E-state index contributed by atoms with van der Waals surface area (Å²) in [5.74, 6) is -1.03. The van der Waals surface area contributed by atoms with Crippen LogP contribution in [-0.2, 0) is 11.2 Å². The number of carboxylic acid groups (broad SMARTS) is 1. The molecule has 0 bridgehead atoms. The van der Waals surface area contributed by atoms with E-state index in [1.165, 1.54) is 10.6 Å². The van der Waals surface area contributed by atoms with E-state index in [1.54, 1.807) is 24.4 Å². The Labute approximate surface area is 112 Å². The van der Waals surface area contributed by atoms with Crippen LogP contribution in [0.5, 0.6) is 0 Å². The first-order valence-corrected chi connectivity index (χ1v) is 5.88. The van der Waals surface area contributed by atoms with Gasteiger partial charge in [-0.15, -0.1) is 0 Å². The van der Waals surface area contributed by atoms with E-state index in [2.05, 4.69) is 15.1 Å². The lowest BCUT2D eigenvalue weighted by atomic mass is 10.3. The van der Waals surface area contributed by atoms with E-state index in [1.807, 2.05) is 6.07 Å². The number of pyridine rings is 1. The van der Waals surface area contributed by atoms with E-state index in [9.17, 15) is 9.59 Å². The number of aromatic nitrogens is 4. The van der Waals surface area contributed by atoms with Crippen molar-refractivity contribution in [2.75, 3.05) is 0 Å². The molecule has 0 aromatic carbocycles. The van der Waals surface area contributed by atoms with E-state index in [0.717, 1.165) is 0 Å². The minimum absolute atomic E-state index is 0.231. The van der Waals surface area contributed by atoms with Gasteiger partial charge in [0.2, 0.25) is 0 Å². The van der Waals surface area contributed by atoms with Gasteiger partial charge in [-0.25, -0.2) is 9.50 Å². The molecular weight excluding hydrogens is 260 g/mol. The Kier molecular flexibility index (Phi) is 2.79. The number of fused-ring (bicyclic) bond motifs is 1. The van der Waals surface area contributed by atoms with Gasteiger partial charge in [0.05, 0.1) is 23.5 Å². The molecule has 20 heavy (non-hydrogen) atoms. The molecule has 3 heterocycles. The average molecular weight is 270 g/mol. The number of aromatic amines is 1. The summed E-state index contributed by atoms with van der Waals surface area (Å²) in [5, 5.41) is 11.6. The van der Waals surface area contributed by atoms with Crippen LogP contribution in [0.2, 0.25) is 0 Å². The molecule has 3 aromatic rings. The molecule has 0 spiro atoms. The predicted octanol–water partition coefficient (Wildman–Crippen LogP) is 0.712. The third-order valence-electron chi connectivity index (χ3n) is 2.78. The van der Waals surface area contributed by atoms with Gasteiger partial charge in [-0.3, -0.25) is 19.7 Å². The van der Waals surface area contributed by atoms with Crippen molar-refractivity contribution in [3.8, 4) is 11.4 Å². The Morgan fingerprint density at radius 1 is 1.35 bits per heavy atom. The molecule has 0 fully saturated rings. The lowest BCUT2D eigenvalue weighted by Gasteiger charge is -1.96. The Morgan fingerprint density at radius 3 is 2.90 bits per heavy atom. The van der Waals surface area contributed by atoms with E-state index in [0.29, 0.717) is 17.0 Å². The zero-order chi connectivity index (χ0) is 14.1. The Bertz CT molecular complexity index is 836. The summed E-state index contributed by atoms with van der Waals surface area (Å²) >= 11 is 0. The molecule has 0 unspecified atom stereocenters. The predicted molar refractivity (Wildman–Crippen MR) is 70.4 cm³/mol. The van der Waals surface area contributed by atoms with Crippen molar-refractivity contribution in [3.63, 3.8) is 0 Å². The van der Waals surface area contributed by atoms with E-state index >= 15 is 0 Å². The van der Waals surface area contributed by atoms with Crippen LogP contribution in [0.15, 0.2) is 41.3 Å². The maximum atomic E-state index is 11.9. The topological polar surface area (TPSA) is 100 Å². The van der Waals surface area contributed by atoms with Crippen LogP contribution < -0.4 is 5.56 Å². The summed E-state index contributed by atoms with van der Waals surface area (Å²) in [6.45, 7) is 0. The van der Waals surface area contributed by atoms with Crippen molar-refractivity contribution in [3.05, 3.63) is 52.6 Å². The van der Waals surface area contributed by atoms with Crippen LogP contribution in [0.1, 0.15) is 5.69 Å². The Morgan fingerprint density at radius 2 is 2.20 bits per heavy atom. The molecule has 3 rings (SSSR count). The van der Waals surface area contributed by atoms with Crippen molar-refractivity contribution in [2.24, 2.45) is 0 Å². The summed E-state index contributed by atoms with van der Waals surface area (Å²) < 4.78 is 1.26. The SMILES string of the molecule is O=C(O)Cc1cc(=O)n2[nH]c(-c3ccccn3)cc2n1. The van der Waals surface area contributed by atoms with Gasteiger partial charge in [0.1, 0.15) is 0 Å². The highest BCUT2D eigenvalue weighted by molar-refractivity contribution is 5.70. The van der Waals surface area contributed by atoms with Gasteiger partial charge in [-0.2, -0.15) is 0 Å². The zero-order valence-corrected chi connectivity index (χ0v) is 10.3. The number of aliphatic carboxylic acids is 1. The molecule has 0 saturated carbocycles. The van der Waals surface area contributed by atoms with Gasteiger partial charge in [-0.05, 0) is 12.1 Å². The van der Waals surface area contributed by atoms with Gasteiger partial charge in [0, 0.05) is 18.3 Å². The molecule has 0 atom stereocenters. The molecule has 7 nitrogen and oxygen atoms in total. The molecule has 0 aliphatic heterocycles. The highest BCUT2D eigenvalue weighted by Gasteiger charge is 2.10. The molecule has 0 aliphatic rings. The summed E-state index contributed by atoms with van der Waals surface area (Å²) in [5.41, 5.74) is 1.57. The van der Waals surface area contributed by atoms with E-state index in [4.69, 9.17) is 5.11 Å². The smallest absolute Gasteiger partial charge is 0.309 e. The monoisotopic (exact) mass is 270 g/mol. The molecule has 0 saturated heterocycles. The maximum absolute atomic E-state index is 11.9. The molecule has 7 heteroatoms. The average Bonchev–Trinajstić information content (AvgIpc) is 2.83. The summed E-state index contributed by atoms with van der Waals surface area (Å²) in [6, 6.07) is 8.30. The number of hydrogen-bond donors (Lipinski definition) is 2. The van der Waals surface area contributed by atoms with Gasteiger partial charge in [0.25, 0.3) is 5.56 Å². The number of H-pyrrole nitrogens is 1. The second-order valence-corrected chi connectivity index (χ2v) is 4.23. The minimum Gasteiger partial charge on any atom is -0.481 e. The molecule has 3 aromatic heterocycles. The first-order valence-electron chi connectivity index (χ1n) is 5.88. The standard InChI is InChI=1S/C13H10N4O3/c18-12-5-8(6-13(19)20)15-11-7-10(16-17(11)12)9-3-1-2-4-14-9/h1-5,7,16H,6H2,(H,19,20). The Hall–Kier alpha value is -2.96. The third-order valence-corrected chi connectivity index (χ3v) is 2.78. The number of nitrogens with one attached hydrogen (secondary N) is 1. The quantitative estimate of drug-likeness (QED) is 0.730. The minimum atomic E-state index is -1.03. The zero-order valence-electron chi connectivity index (χ0n) is 10.3. The lowest BCUT2D eigenvalue weighted by Crippen LogP contribution is -2.17. The molecule has 100 valence electrons. The molecule has 0 aliphatic carbocycles. The summed E-state index contributed by atoms with van der Waals surface area (Å²) in [6.07, 6.45) is 1.36. The molecule has 0 radical (unpaired) electrons. The van der Waals surface area contributed by atoms with Crippen LogP contribution in [0.3, 0.4) is 0 Å². The number of rotatable bonds is 3. The van der Waals surface area contributed by atoms with Crippen LogP contribution in [0.4, 0.5) is 0 Å². The third kappa shape index (κ3) is 2.16. The fourth-order valence-electron chi connectivity index (χ4n) is 1.94. The molecule has 0 amide bonds. The maximum Gasteiger partial charge on any atom is 0.309 e. The van der Waals surface area contributed by atoms with Crippen LogP contribution in [0.25, 0.3) is 17.0 Å². The number of carbonyl (C=O) groups is 1. The van der Waals surface area contributed by atoms with Crippen LogP contribution >= 0.6 is 0 Å². The van der Waals surface area contributed by atoms with Gasteiger partial charge >= 0.3 is 5.97 Å². The fourth-order valence-corrected chi connectivity index (χ4v) is 1.94. The van der Waals surface area contributed by atoms with Crippen molar-refractivity contribution < 1.29 is 9.90 Å². The van der Waals surface area contributed by atoms with E-state index < -0.39 is 5.97 Å². The van der Waals surface area contributed by atoms with Gasteiger partial charge in [-0.1, -0.05) is 6.07 Å². The summed E-state index contributed by atoms with van der Waals surface area (Å²) in [4.78, 5) is 30.9. The highest BCUT2D eigenvalue weighted by atomic mass is 16.4. The highest BCUT2D eigenvalue weighted by Crippen LogP contribution is 2.15. The Balaban J connectivity index is 2.14. The van der Waals surface area contributed by atoms with Crippen LogP contribution in [0, 0.1) is 0 Å². The van der Waals surface area contributed by atoms with Gasteiger partial charge < -0.3 is 5.11 Å². The van der Waals surface area contributed by atoms with E-state index in [-0.39, 0.29) is 17.7 Å². The number of nitrogens with zero attached hydrogens (tertiary/aromatic N) is 3. The largest absolute Gasteiger partial charge is 0.481 e.